The summed E-state index contributed by atoms with van der Waals surface area (Å²) in [6.07, 6.45) is 5.84. The molecule has 17 heavy (non-hydrogen) atoms. The Labute approximate surface area is 103 Å². The van der Waals surface area contributed by atoms with E-state index in [0.29, 0.717) is 18.1 Å². The van der Waals surface area contributed by atoms with Crippen LogP contribution >= 0.6 is 0 Å². The third-order valence-electron chi connectivity index (χ3n) is 5.62. The van der Waals surface area contributed by atoms with Gasteiger partial charge in [-0.1, -0.05) is 19.4 Å². The minimum atomic E-state index is 0.0444. The molecule has 3 atom stereocenters. The average molecular weight is 234 g/mol. The van der Waals surface area contributed by atoms with Crippen molar-refractivity contribution >= 4 is 5.78 Å². The van der Waals surface area contributed by atoms with Gasteiger partial charge >= 0.3 is 0 Å². The molecule has 94 valence electrons. The SMILES string of the molecule is CC1CC(=O)C=C2CCC3(CC21C)OC3(C)C. The van der Waals surface area contributed by atoms with Crippen LogP contribution in [0.4, 0.5) is 0 Å². The van der Waals surface area contributed by atoms with Crippen molar-refractivity contribution in [1.82, 2.24) is 0 Å². The summed E-state index contributed by atoms with van der Waals surface area (Å²) in [4.78, 5) is 11.7. The van der Waals surface area contributed by atoms with E-state index >= 15 is 0 Å². The first-order valence-corrected chi connectivity index (χ1v) is 6.73. The van der Waals surface area contributed by atoms with Crippen LogP contribution < -0.4 is 0 Å². The lowest BCUT2D eigenvalue weighted by atomic mass is 9.57. The van der Waals surface area contributed by atoms with Crippen LogP contribution in [0.1, 0.15) is 53.4 Å². The number of rotatable bonds is 0. The summed E-state index contributed by atoms with van der Waals surface area (Å²) in [6, 6.07) is 0. The number of carbonyl (C=O) groups is 1. The molecule has 1 spiro atoms. The molecule has 1 saturated heterocycles. The maximum Gasteiger partial charge on any atom is 0.155 e. The summed E-state index contributed by atoms with van der Waals surface area (Å²) in [7, 11) is 0. The van der Waals surface area contributed by atoms with E-state index in [4.69, 9.17) is 4.74 Å². The molecule has 0 amide bonds. The molecule has 3 aliphatic rings. The lowest BCUT2D eigenvalue weighted by Gasteiger charge is -2.46. The summed E-state index contributed by atoms with van der Waals surface area (Å²) >= 11 is 0. The minimum absolute atomic E-state index is 0.0444. The van der Waals surface area contributed by atoms with E-state index < -0.39 is 0 Å². The molecule has 3 unspecified atom stereocenters. The molecule has 2 aliphatic carbocycles. The van der Waals surface area contributed by atoms with Gasteiger partial charge in [-0.25, -0.2) is 0 Å². The molecular formula is C15H22O2. The lowest BCUT2D eigenvalue weighted by molar-refractivity contribution is -0.117. The fourth-order valence-corrected chi connectivity index (χ4v) is 3.99. The van der Waals surface area contributed by atoms with E-state index in [9.17, 15) is 4.79 Å². The van der Waals surface area contributed by atoms with E-state index in [2.05, 4.69) is 27.7 Å². The number of ether oxygens (including phenoxy) is 1. The Balaban J connectivity index is 1.95. The quantitative estimate of drug-likeness (QED) is 0.602. The van der Waals surface area contributed by atoms with Crippen LogP contribution in [0.5, 0.6) is 0 Å². The highest BCUT2D eigenvalue weighted by Crippen LogP contribution is 2.64. The average Bonchev–Trinajstić information content (AvgIpc) is 2.71. The third kappa shape index (κ3) is 1.40. The molecule has 0 aromatic rings. The van der Waals surface area contributed by atoms with E-state index in [-0.39, 0.29) is 16.6 Å². The third-order valence-corrected chi connectivity index (χ3v) is 5.62. The van der Waals surface area contributed by atoms with Crippen LogP contribution in [0.25, 0.3) is 0 Å². The van der Waals surface area contributed by atoms with Crippen LogP contribution in [0, 0.1) is 11.3 Å². The molecule has 0 radical (unpaired) electrons. The van der Waals surface area contributed by atoms with Crippen LogP contribution in [-0.2, 0) is 9.53 Å². The van der Waals surface area contributed by atoms with Crippen molar-refractivity contribution in [3.63, 3.8) is 0 Å². The van der Waals surface area contributed by atoms with Gasteiger partial charge in [-0.3, -0.25) is 4.79 Å². The highest BCUT2D eigenvalue weighted by Gasteiger charge is 2.67. The Morgan fingerprint density at radius 2 is 2.00 bits per heavy atom. The Hall–Kier alpha value is -0.630. The Kier molecular flexibility index (Phi) is 2.04. The second-order valence-electron chi connectivity index (χ2n) is 6.94. The summed E-state index contributed by atoms with van der Waals surface area (Å²) in [5.74, 6) is 0.768. The first-order valence-electron chi connectivity index (χ1n) is 6.73. The van der Waals surface area contributed by atoms with Crippen molar-refractivity contribution in [1.29, 1.82) is 0 Å². The molecule has 1 aliphatic heterocycles. The number of ketones is 1. The first-order chi connectivity index (χ1) is 7.79. The van der Waals surface area contributed by atoms with Gasteiger partial charge in [0.15, 0.2) is 5.78 Å². The minimum Gasteiger partial charge on any atom is -0.363 e. The molecule has 1 heterocycles. The van der Waals surface area contributed by atoms with Gasteiger partial charge in [0.2, 0.25) is 0 Å². The van der Waals surface area contributed by atoms with Crippen molar-refractivity contribution in [3.05, 3.63) is 11.6 Å². The molecule has 2 nitrogen and oxygen atoms in total. The molecule has 0 N–H and O–H groups in total. The largest absolute Gasteiger partial charge is 0.363 e. The fraction of sp³-hybridized carbons (Fsp3) is 0.800. The second kappa shape index (κ2) is 3.03. The van der Waals surface area contributed by atoms with Crippen LogP contribution in [0.2, 0.25) is 0 Å². The summed E-state index contributed by atoms with van der Waals surface area (Å²) in [5, 5.41) is 0. The van der Waals surface area contributed by atoms with Gasteiger partial charge in [-0.15, -0.1) is 0 Å². The van der Waals surface area contributed by atoms with Crippen molar-refractivity contribution < 1.29 is 9.53 Å². The number of hydrogen-bond acceptors (Lipinski definition) is 2. The molecule has 2 fully saturated rings. The van der Waals surface area contributed by atoms with Gasteiger partial charge in [-0.2, -0.15) is 0 Å². The van der Waals surface area contributed by atoms with Gasteiger partial charge in [-0.05, 0) is 50.5 Å². The van der Waals surface area contributed by atoms with E-state index in [1.54, 1.807) is 0 Å². The maximum absolute atomic E-state index is 11.7. The van der Waals surface area contributed by atoms with Gasteiger partial charge in [0.1, 0.15) is 0 Å². The summed E-state index contributed by atoms with van der Waals surface area (Å²) < 4.78 is 6.01. The van der Waals surface area contributed by atoms with E-state index in [1.165, 1.54) is 5.57 Å². The van der Waals surface area contributed by atoms with Crippen molar-refractivity contribution in [3.8, 4) is 0 Å². The predicted molar refractivity (Wildman–Crippen MR) is 66.7 cm³/mol. The zero-order valence-electron chi connectivity index (χ0n) is 11.3. The molecule has 0 aromatic carbocycles. The number of allylic oxidation sites excluding steroid dienone is 2. The first kappa shape index (κ1) is 11.5. The topological polar surface area (TPSA) is 29.6 Å². The predicted octanol–water partition coefficient (Wildman–Crippen LogP) is 3.26. The Bertz CT molecular complexity index is 421. The number of carbonyl (C=O) groups excluding carboxylic acids is 1. The number of fused-ring (bicyclic) bond motifs is 1. The standard InChI is InChI=1S/C15H22O2/c1-10-7-12(16)8-11-5-6-15(9-14(10,11)4)13(2,3)17-15/h8,10H,5-7,9H2,1-4H3. The fourth-order valence-electron chi connectivity index (χ4n) is 3.99. The summed E-state index contributed by atoms with van der Waals surface area (Å²) in [6.45, 7) is 8.95. The highest BCUT2D eigenvalue weighted by atomic mass is 16.6. The number of hydrogen-bond donors (Lipinski definition) is 0. The van der Waals surface area contributed by atoms with E-state index in [0.717, 1.165) is 19.3 Å². The molecule has 0 bridgehead atoms. The molecule has 1 saturated carbocycles. The Morgan fingerprint density at radius 1 is 1.35 bits per heavy atom. The molecule has 3 rings (SSSR count). The monoisotopic (exact) mass is 234 g/mol. The van der Waals surface area contributed by atoms with Crippen LogP contribution in [0.15, 0.2) is 11.6 Å². The maximum atomic E-state index is 11.7. The molecule has 2 heteroatoms. The van der Waals surface area contributed by atoms with Crippen molar-refractivity contribution in [2.45, 2.75) is 64.6 Å². The zero-order chi connectivity index (χ0) is 12.5. The van der Waals surface area contributed by atoms with Gasteiger partial charge in [0.25, 0.3) is 0 Å². The van der Waals surface area contributed by atoms with Crippen LogP contribution in [-0.4, -0.2) is 17.0 Å². The van der Waals surface area contributed by atoms with E-state index in [1.807, 2.05) is 6.08 Å². The lowest BCUT2D eigenvalue weighted by Crippen LogP contribution is -2.43. The van der Waals surface area contributed by atoms with Gasteiger partial charge < -0.3 is 4.74 Å². The van der Waals surface area contributed by atoms with Gasteiger partial charge in [0, 0.05) is 6.42 Å². The Morgan fingerprint density at radius 3 is 2.59 bits per heavy atom. The molecule has 0 aromatic heterocycles. The van der Waals surface area contributed by atoms with Crippen LogP contribution in [0.3, 0.4) is 0 Å². The highest BCUT2D eigenvalue weighted by molar-refractivity contribution is 5.92. The van der Waals surface area contributed by atoms with Crippen molar-refractivity contribution in [2.75, 3.05) is 0 Å². The summed E-state index contributed by atoms with van der Waals surface area (Å²) in [5.41, 5.74) is 1.69. The molecular weight excluding hydrogens is 212 g/mol. The smallest absolute Gasteiger partial charge is 0.155 e. The normalized spacial score (nSPS) is 47.6. The van der Waals surface area contributed by atoms with Crippen molar-refractivity contribution in [2.24, 2.45) is 11.3 Å². The second-order valence-corrected chi connectivity index (χ2v) is 6.94. The van der Waals surface area contributed by atoms with Gasteiger partial charge in [0.05, 0.1) is 11.2 Å². The zero-order valence-corrected chi connectivity index (χ0v) is 11.3. The number of epoxide rings is 1.